The summed E-state index contributed by atoms with van der Waals surface area (Å²) in [6.07, 6.45) is 0.588. The molecule has 0 aliphatic heterocycles. The standard InChI is InChI=1S/C16H19NO2/c1-12(18)7-8-17-11-13-3-4-15-10-16(19-2)6-5-14(15)9-13/h3-6,9-10,17H,7-8,11H2,1-2H3. The predicted molar refractivity (Wildman–Crippen MR) is 77.5 cm³/mol. The van der Waals surface area contributed by atoms with Gasteiger partial charge in [-0.3, -0.25) is 4.79 Å². The van der Waals surface area contributed by atoms with E-state index in [0.29, 0.717) is 6.42 Å². The first-order chi connectivity index (χ1) is 9.19. The molecule has 3 heteroatoms. The molecule has 0 aliphatic rings. The zero-order chi connectivity index (χ0) is 13.7. The van der Waals surface area contributed by atoms with Gasteiger partial charge in [0.25, 0.3) is 0 Å². The Balaban J connectivity index is 2.03. The molecular weight excluding hydrogens is 238 g/mol. The third-order valence-corrected chi connectivity index (χ3v) is 3.09. The van der Waals surface area contributed by atoms with Crippen molar-refractivity contribution in [3.05, 3.63) is 42.0 Å². The van der Waals surface area contributed by atoms with Crippen LogP contribution in [0.4, 0.5) is 0 Å². The maximum Gasteiger partial charge on any atom is 0.131 e. The maximum atomic E-state index is 10.8. The highest BCUT2D eigenvalue weighted by atomic mass is 16.5. The molecule has 1 N–H and O–H groups in total. The molecule has 0 radical (unpaired) electrons. The first kappa shape index (κ1) is 13.6. The van der Waals surface area contributed by atoms with Crippen LogP contribution in [0.2, 0.25) is 0 Å². The van der Waals surface area contributed by atoms with Gasteiger partial charge in [0.05, 0.1) is 7.11 Å². The zero-order valence-electron chi connectivity index (χ0n) is 11.4. The molecule has 0 amide bonds. The Labute approximate surface area is 113 Å². The number of hydrogen-bond acceptors (Lipinski definition) is 3. The molecule has 0 aromatic heterocycles. The van der Waals surface area contributed by atoms with Crippen molar-refractivity contribution in [3.8, 4) is 5.75 Å². The van der Waals surface area contributed by atoms with Crippen molar-refractivity contribution in [2.45, 2.75) is 19.9 Å². The van der Waals surface area contributed by atoms with Crippen LogP contribution in [0.1, 0.15) is 18.9 Å². The van der Waals surface area contributed by atoms with Crippen LogP contribution < -0.4 is 10.1 Å². The van der Waals surface area contributed by atoms with Gasteiger partial charge in [-0.1, -0.05) is 18.2 Å². The minimum Gasteiger partial charge on any atom is -0.497 e. The van der Waals surface area contributed by atoms with Crippen molar-refractivity contribution >= 4 is 16.6 Å². The molecular formula is C16H19NO2. The van der Waals surface area contributed by atoms with Crippen LogP contribution in [0.25, 0.3) is 10.8 Å². The second kappa shape index (κ2) is 6.34. The molecule has 0 spiro atoms. The number of Topliss-reactive ketones (excluding diaryl/α,β-unsaturated/α-hetero) is 1. The van der Waals surface area contributed by atoms with Crippen LogP contribution >= 0.6 is 0 Å². The minimum absolute atomic E-state index is 0.220. The largest absolute Gasteiger partial charge is 0.497 e. The second-order valence-electron chi connectivity index (χ2n) is 4.68. The van der Waals surface area contributed by atoms with Gasteiger partial charge in [-0.2, -0.15) is 0 Å². The SMILES string of the molecule is COc1ccc2cc(CNCCC(C)=O)ccc2c1. The van der Waals surface area contributed by atoms with Crippen molar-refractivity contribution < 1.29 is 9.53 Å². The van der Waals surface area contributed by atoms with E-state index >= 15 is 0 Å². The highest BCUT2D eigenvalue weighted by Gasteiger charge is 1.99. The van der Waals surface area contributed by atoms with Gasteiger partial charge >= 0.3 is 0 Å². The van der Waals surface area contributed by atoms with E-state index in [0.717, 1.165) is 18.8 Å². The lowest BCUT2D eigenvalue weighted by molar-refractivity contribution is -0.116. The van der Waals surface area contributed by atoms with E-state index in [1.165, 1.54) is 16.3 Å². The van der Waals surface area contributed by atoms with Crippen molar-refractivity contribution in [2.75, 3.05) is 13.7 Å². The number of nitrogens with one attached hydrogen (secondary N) is 1. The normalized spacial score (nSPS) is 10.6. The van der Waals surface area contributed by atoms with Gasteiger partial charge in [-0.25, -0.2) is 0 Å². The van der Waals surface area contributed by atoms with Crippen molar-refractivity contribution in [1.29, 1.82) is 0 Å². The molecule has 0 bridgehead atoms. The fourth-order valence-electron chi connectivity index (χ4n) is 2.01. The molecule has 0 aliphatic carbocycles. The Kier molecular flexibility index (Phi) is 4.53. The number of rotatable bonds is 6. The summed E-state index contributed by atoms with van der Waals surface area (Å²) in [5.74, 6) is 1.10. The fraction of sp³-hybridized carbons (Fsp3) is 0.312. The van der Waals surface area contributed by atoms with Crippen LogP contribution in [0.3, 0.4) is 0 Å². The quantitative estimate of drug-likeness (QED) is 0.809. The van der Waals surface area contributed by atoms with Crippen LogP contribution in [0.15, 0.2) is 36.4 Å². The van der Waals surface area contributed by atoms with Gasteiger partial charge in [-0.15, -0.1) is 0 Å². The second-order valence-corrected chi connectivity index (χ2v) is 4.68. The number of carbonyl (C=O) groups excluding carboxylic acids is 1. The number of carbonyl (C=O) groups is 1. The molecule has 0 saturated carbocycles. The molecule has 3 nitrogen and oxygen atoms in total. The van der Waals surface area contributed by atoms with E-state index in [-0.39, 0.29) is 5.78 Å². The molecule has 0 unspecified atom stereocenters. The fourth-order valence-corrected chi connectivity index (χ4v) is 2.01. The van der Waals surface area contributed by atoms with E-state index in [1.807, 2.05) is 12.1 Å². The number of benzene rings is 2. The summed E-state index contributed by atoms with van der Waals surface area (Å²) < 4.78 is 5.21. The summed E-state index contributed by atoms with van der Waals surface area (Å²) in [5, 5.41) is 5.65. The van der Waals surface area contributed by atoms with Crippen LogP contribution in [0.5, 0.6) is 5.75 Å². The lowest BCUT2D eigenvalue weighted by atomic mass is 10.1. The van der Waals surface area contributed by atoms with E-state index < -0.39 is 0 Å². The van der Waals surface area contributed by atoms with Crippen LogP contribution in [-0.4, -0.2) is 19.4 Å². The summed E-state index contributed by atoms with van der Waals surface area (Å²) in [5.41, 5.74) is 1.22. The smallest absolute Gasteiger partial charge is 0.131 e. The Morgan fingerprint density at radius 3 is 2.63 bits per heavy atom. The highest BCUT2D eigenvalue weighted by molar-refractivity contribution is 5.84. The summed E-state index contributed by atoms with van der Waals surface area (Å²) in [4.78, 5) is 10.8. The topological polar surface area (TPSA) is 38.3 Å². The van der Waals surface area contributed by atoms with Gasteiger partial charge < -0.3 is 10.1 Å². The van der Waals surface area contributed by atoms with E-state index in [1.54, 1.807) is 14.0 Å². The molecule has 100 valence electrons. The molecule has 2 aromatic carbocycles. The van der Waals surface area contributed by atoms with Crippen molar-refractivity contribution in [3.63, 3.8) is 0 Å². The lowest BCUT2D eigenvalue weighted by Crippen LogP contribution is -2.16. The number of methoxy groups -OCH3 is 1. The third-order valence-electron chi connectivity index (χ3n) is 3.09. The number of ether oxygens (including phenoxy) is 1. The Morgan fingerprint density at radius 1 is 1.16 bits per heavy atom. The summed E-state index contributed by atoms with van der Waals surface area (Å²) in [7, 11) is 1.68. The Hall–Kier alpha value is -1.87. The van der Waals surface area contributed by atoms with Crippen molar-refractivity contribution in [2.24, 2.45) is 0 Å². The molecule has 2 rings (SSSR count). The van der Waals surface area contributed by atoms with Gasteiger partial charge in [0.2, 0.25) is 0 Å². The third kappa shape index (κ3) is 3.80. The molecule has 0 atom stereocenters. The average Bonchev–Trinajstić information content (AvgIpc) is 2.42. The van der Waals surface area contributed by atoms with E-state index in [4.69, 9.17) is 4.74 Å². The zero-order valence-corrected chi connectivity index (χ0v) is 11.4. The first-order valence-electron chi connectivity index (χ1n) is 6.46. The highest BCUT2D eigenvalue weighted by Crippen LogP contribution is 2.21. The van der Waals surface area contributed by atoms with Crippen LogP contribution in [0, 0.1) is 0 Å². The molecule has 19 heavy (non-hydrogen) atoms. The minimum atomic E-state index is 0.220. The maximum absolute atomic E-state index is 10.8. The molecule has 0 heterocycles. The molecule has 0 fully saturated rings. The van der Waals surface area contributed by atoms with Gasteiger partial charge in [0, 0.05) is 19.5 Å². The van der Waals surface area contributed by atoms with E-state index in [2.05, 4.69) is 29.6 Å². The predicted octanol–water partition coefficient (Wildman–Crippen LogP) is 2.92. The molecule has 2 aromatic rings. The number of ketones is 1. The van der Waals surface area contributed by atoms with Gasteiger partial charge in [0.1, 0.15) is 11.5 Å². The van der Waals surface area contributed by atoms with Crippen LogP contribution in [-0.2, 0) is 11.3 Å². The Morgan fingerprint density at radius 2 is 1.89 bits per heavy atom. The lowest BCUT2D eigenvalue weighted by Gasteiger charge is -2.07. The summed E-state index contributed by atoms with van der Waals surface area (Å²) >= 11 is 0. The van der Waals surface area contributed by atoms with Crippen molar-refractivity contribution in [1.82, 2.24) is 5.32 Å². The van der Waals surface area contributed by atoms with Gasteiger partial charge in [0.15, 0.2) is 0 Å². The summed E-state index contributed by atoms with van der Waals surface area (Å²) in [6, 6.07) is 12.4. The number of fused-ring (bicyclic) bond motifs is 1. The summed E-state index contributed by atoms with van der Waals surface area (Å²) in [6.45, 7) is 3.14. The van der Waals surface area contributed by atoms with Gasteiger partial charge in [-0.05, 0) is 41.5 Å². The monoisotopic (exact) mass is 257 g/mol. The number of hydrogen-bond donors (Lipinski definition) is 1. The molecule has 0 saturated heterocycles. The Bertz CT molecular complexity index is 578. The first-order valence-corrected chi connectivity index (χ1v) is 6.46. The average molecular weight is 257 g/mol. The van der Waals surface area contributed by atoms with E-state index in [9.17, 15) is 4.79 Å².